The predicted molar refractivity (Wildman–Crippen MR) is 13.8 cm³/mol. The van der Waals surface area contributed by atoms with Crippen LogP contribution in [0.4, 0.5) is 0 Å². The summed E-state index contributed by atoms with van der Waals surface area (Å²) in [4.78, 5) is 0. The van der Waals surface area contributed by atoms with E-state index in [-0.39, 0.29) is 525 Å². The normalized spacial score (nSPS) is 0. The molecule has 0 spiro atoms. The molecular formula is Mo24P2-6. The van der Waals surface area contributed by atoms with Gasteiger partial charge in [-0.3, -0.25) is 0 Å². The van der Waals surface area contributed by atoms with Crippen molar-refractivity contribution in [2.45, 2.75) is 0 Å². The average Bonchev–Trinajstić information content (AvgIpc) is 0. The fourth-order valence-corrected chi connectivity index (χ4v) is 0. The van der Waals surface area contributed by atoms with Crippen LogP contribution in [0.5, 0.6) is 0 Å². The SMILES string of the molecule is [Mo].[Mo].[Mo].[Mo].[Mo].[Mo].[Mo].[Mo].[Mo].[Mo].[Mo].[Mo].[Mo].[Mo].[Mo].[Mo].[Mo].[Mo].[Mo].[Mo].[Mo].[Mo].[Mo].[Mo].[P-3].[P-3]. The smallest absolute Gasteiger partial charge is 0 e. The molecule has 0 bridgehead atoms. The number of rotatable bonds is 0. The van der Waals surface area contributed by atoms with E-state index in [2.05, 4.69) is 0 Å². The molecule has 0 saturated carbocycles. The van der Waals surface area contributed by atoms with Crippen LogP contribution < -0.4 is 0 Å². The average molecular weight is 2360 g/mol. The number of hydrogen-bond acceptors (Lipinski definition) is 0. The molecule has 160 valence electrons. The summed E-state index contributed by atoms with van der Waals surface area (Å²) >= 11 is 0. The van der Waals surface area contributed by atoms with Gasteiger partial charge in [0.05, 0.1) is 0 Å². The van der Waals surface area contributed by atoms with Crippen LogP contribution >= 0.6 is 19.8 Å². The van der Waals surface area contributed by atoms with Crippen LogP contribution in [0.1, 0.15) is 0 Å². The van der Waals surface area contributed by atoms with E-state index < -0.39 is 0 Å². The predicted octanol–water partition coefficient (Wildman–Crippen LogP) is 1.66. The standard InChI is InChI=1S/24Mo.2P/q;;;;;;;;;;;;;;;;;;;;;;;;2*-3. The van der Waals surface area contributed by atoms with E-state index >= 15 is 0 Å². The van der Waals surface area contributed by atoms with Crippen molar-refractivity contribution < 1.29 is 506 Å². The minimum Gasteiger partial charge on any atom is -3.00 e. The van der Waals surface area contributed by atoms with E-state index in [9.17, 15) is 0 Å². The molecule has 0 aromatic carbocycles. The van der Waals surface area contributed by atoms with Gasteiger partial charge in [0, 0.05) is 506 Å². The number of hydrogen-bond donors (Lipinski definition) is 0. The van der Waals surface area contributed by atoms with Crippen LogP contribution in [-0.4, -0.2) is 0 Å². The van der Waals surface area contributed by atoms with Crippen molar-refractivity contribution in [2.24, 2.45) is 0 Å². The third kappa shape index (κ3) is 223. The van der Waals surface area contributed by atoms with Crippen molar-refractivity contribution in [3.05, 3.63) is 0 Å². The van der Waals surface area contributed by atoms with Gasteiger partial charge in [0.1, 0.15) is 0 Å². The monoisotopic (exact) mass is 2410 g/mol. The molecule has 0 aromatic heterocycles. The van der Waals surface area contributed by atoms with Crippen molar-refractivity contribution in [2.75, 3.05) is 0 Å². The van der Waals surface area contributed by atoms with Crippen LogP contribution in [0, 0.1) is 0 Å². The van der Waals surface area contributed by atoms with E-state index in [0.29, 0.717) is 0 Å². The molecule has 26 heteroatoms. The van der Waals surface area contributed by atoms with Crippen LogP contribution in [0.25, 0.3) is 0 Å². The molecule has 0 atom stereocenters. The molecule has 0 heterocycles. The van der Waals surface area contributed by atoms with Gasteiger partial charge in [0.25, 0.3) is 0 Å². The Kier molecular flexibility index (Phi) is 2380. The minimum absolute atomic E-state index is 0. The summed E-state index contributed by atoms with van der Waals surface area (Å²) in [6, 6.07) is 0. The zero-order valence-corrected chi connectivity index (χ0v) is 60.6. The summed E-state index contributed by atoms with van der Waals surface area (Å²) in [6.07, 6.45) is 0. The zero-order valence-electron chi connectivity index (χ0n) is 10.7. The molecule has 0 aliphatic rings. The molecule has 0 fully saturated rings. The Morgan fingerprint density at radius 2 is 0.0769 bits per heavy atom. The van der Waals surface area contributed by atoms with E-state index in [4.69, 9.17) is 0 Å². The Hall–Kier alpha value is 17.4. The summed E-state index contributed by atoms with van der Waals surface area (Å²) in [5.41, 5.74) is 0. The first-order valence-electron chi connectivity index (χ1n) is 0. The van der Waals surface area contributed by atoms with Crippen molar-refractivity contribution >= 4 is 19.8 Å². The van der Waals surface area contributed by atoms with E-state index in [0.717, 1.165) is 0 Å². The Bertz CT molecular complexity index is 10.2. The molecule has 0 N–H and O–H groups in total. The molecule has 0 aliphatic heterocycles. The molecule has 0 aliphatic carbocycles. The van der Waals surface area contributed by atoms with Gasteiger partial charge in [-0.15, -0.1) is 0 Å². The second kappa shape index (κ2) is 240. The Balaban J connectivity index is 0. The van der Waals surface area contributed by atoms with Gasteiger partial charge >= 0.3 is 0 Å². The third-order valence-corrected chi connectivity index (χ3v) is 0. The van der Waals surface area contributed by atoms with Gasteiger partial charge in [0.15, 0.2) is 0 Å². The zero-order chi connectivity index (χ0) is 0. The molecule has 26 heavy (non-hydrogen) atoms. The Labute approximate surface area is 510 Å². The van der Waals surface area contributed by atoms with Crippen molar-refractivity contribution in [3.63, 3.8) is 0 Å². The largest absolute Gasteiger partial charge is 3.00 e. The van der Waals surface area contributed by atoms with Gasteiger partial charge in [-0.2, -0.15) is 0 Å². The molecule has 0 nitrogen and oxygen atoms in total. The van der Waals surface area contributed by atoms with Gasteiger partial charge in [-0.1, -0.05) is 0 Å². The van der Waals surface area contributed by atoms with E-state index in [1.54, 1.807) is 0 Å². The molecular weight excluding hydrogens is 2360 g/mol. The van der Waals surface area contributed by atoms with Gasteiger partial charge in [-0.05, 0) is 0 Å². The molecule has 0 radical (unpaired) electrons. The van der Waals surface area contributed by atoms with Crippen molar-refractivity contribution in [1.29, 1.82) is 0 Å². The minimum atomic E-state index is 0. The van der Waals surface area contributed by atoms with Crippen molar-refractivity contribution in [3.8, 4) is 0 Å². The van der Waals surface area contributed by atoms with Gasteiger partial charge in [-0.25, -0.2) is 0 Å². The van der Waals surface area contributed by atoms with Crippen LogP contribution in [0.15, 0.2) is 0 Å². The molecule has 0 aromatic rings. The maximum Gasteiger partial charge on any atom is 0 e. The Morgan fingerprint density at radius 3 is 0.0769 bits per heavy atom. The molecule has 0 unspecified atom stereocenters. The summed E-state index contributed by atoms with van der Waals surface area (Å²) in [7, 11) is 0. The quantitative estimate of drug-likeness (QED) is 0.256. The van der Waals surface area contributed by atoms with E-state index in [1.165, 1.54) is 0 Å². The fraction of sp³-hybridized carbons (Fsp3) is 0. The summed E-state index contributed by atoms with van der Waals surface area (Å²) in [5.74, 6) is 0. The summed E-state index contributed by atoms with van der Waals surface area (Å²) in [6.45, 7) is 0. The molecule has 0 saturated heterocycles. The first-order valence-corrected chi connectivity index (χ1v) is 0. The topological polar surface area (TPSA) is 0 Å². The second-order valence-electron chi connectivity index (χ2n) is 0. The van der Waals surface area contributed by atoms with E-state index in [1.807, 2.05) is 0 Å². The van der Waals surface area contributed by atoms with Gasteiger partial charge < -0.3 is 19.8 Å². The first kappa shape index (κ1) is 258. The van der Waals surface area contributed by atoms with Crippen LogP contribution in [0.3, 0.4) is 0 Å². The van der Waals surface area contributed by atoms with Gasteiger partial charge in [0.2, 0.25) is 0 Å². The third-order valence-electron chi connectivity index (χ3n) is 0. The van der Waals surface area contributed by atoms with Crippen LogP contribution in [-0.2, 0) is 506 Å². The fourth-order valence-electron chi connectivity index (χ4n) is 0. The van der Waals surface area contributed by atoms with Crippen LogP contribution in [0.2, 0.25) is 0 Å². The maximum atomic E-state index is 0. The molecule has 0 amide bonds. The second-order valence-corrected chi connectivity index (χ2v) is 0. The Morgan fingerprint density at radius 1 is 0.0769 bits per heavy atom. The summed E-state index contributed by atoms with van der Waals surface area (Å²) < 4.78 is 0. The summed E-state index contributed by atoms with van der Waals surface area (Å²) in [5, 5.41) is 0. The first-order chi connectivity index (χ1) is 0. The molecule has 0 rings (SSSR count). The maximum absolute atomic E-state index is 0. The van der Waals surface area contributed by atoms with Crippen molar-refractivity contribution in [1.82, 2.24) is 0 Å².